The van der Waals surface area contributed by atoms with Crippen LogP contribution in [0.3, 0.4) is 0 Å². The van der Waals surface area contributed by atoms with Gasteiger partial charge in [0.2, 0.25) is 0 Å². The summed E-state index contributed by atoms with van der Waals surface area (Å²) in [6, 6.07) is 18.9. The van der Waals surface area contributed by atoms with Gasteiger partial charge < -0.3 is 4.98 Å². The van der Waals surface area contributed by atoms with E-state index in [1.807, 2.05) is 28.9 Å². The van der Waals surface area contributed by atoms with Gasteiger partial charge in [0, 0.05) is 25.0 Å². The molecule has 0 aliphatic carbocycles. The van der Waals surface area contributed by atoms with Gasteiger partial charge in [0.1, 0.15) is 0 Å². The van der Waals surface area contributed by atoms with Crippen LogP contribution in [0.5, 0.6) is 0 Å². The molecule has 2 aromatic heterocycles. The Bertz CT molecular complexity index is 1050. The summed E-state index contributed by atoms with van der Waals surface area (Å²) in [7, 11) is 0. The number of likely N-dealkylation sites (tertiary alicyclic amines) is 1. The van der Waals surface area contributed by atoms with Gasteiger partial charge in [-0.05, 0) is 49.5 Å². The van der Waals surface area contributed by atoms with Crippen molar-refractivity contribution in [1.82, 2.24) is 29.9 Å². The van der Waals surface area contributed by atoms with Crippen molar-refractivity contribution in [2.24, 2.45) is 5.92 Å². The lowest BCUT2D eigenvalue weighted by molar-refractivity contribution is 0.164. The zero-order chi connectivity index (χ0) is 20.2. The van der Waals surface area contributed by atoms with Crippen molar-refractivity contribution >= 4 is 22.8 Å². The molecule has 0 spiro atoms. The summed E-state index contributed by atoms with van der Waals surface area (Å²) < 4.78 is 2.02. The van der Waals surface area contributed by atoms with Crippen LogP contribution in [0.1, 0.15) is 24.1 Å². The molecule has 6 nitrogen and oxygen atoms in total. The second-order valence-corrected chi connectivity index (χ2v) is 8.95. The Morgan fingerprint density at radius 3 is 2.63 bits per heavy atom. The number of aromatic nitrogens is 5. The molecule has 2 aromatic carbocycles. The second-order valence-electron chi connectivity index (χ2n) is 7.98. The molecule has 5 rings (SSSR count). The zero-order valence-electron chi connectivity index (χ0n) is 16.9. The quantitative estimate of drug-likeness (QED) is 0.452. The van der Waals surface area contributed by atoms with Crippen LogP contribution in [0, 0.1) is 5.92 Å². The molecule has 1 aliphatic heterocycles. The summed E-state index contributed by atoms with van der Waals surface area (Å²) in [6.45, 7) is 4.33. The SMILES string of the molecule is c1ccc(CN2CCC(Cn3cc(CSc4nc5ccccc5[nH]4)nn3)CC2)cc1. The number of piperidine rings is 1. The fourth-order valence-corrected chi connectivity index (χ4v) is 4.83. The first-order valence-corrected chi connectivity index (χ1v) is 11.5. The monoisotopic (exact) mass is 418 g/mol. The van der Waals surface area contributed by atoms with Crippen molar-refractivity contribution in [2.75, 3.05) is 13.1 Å². The molecule has 4 aromatic rings. The molecule has 154 valence electrons. The highest BCUT2D eigenvalue weighted by Crippen LogP contribution is 2.23. The van der Waals surface area contributed by atoms with E-state index in [1.54, 1.807) is 11.8 Å². The number of H-pyrrole nitrogens is 1. The summed E-state index contributed by atoms with van der Waals surface area (Å²) in [5.41, 5.74) is 4.48. The van der Waals surface area contributed by atoms with Gasteiger partial charge in [0.25, 0.3) is 0 Å². The average Bonchev–Trinajstić information content (AvgIpc) is 3.40. The maximum Gasteiger partial charge on any atom is 0.166 e. The fourth-order valence-electron chi connectivity index (χ4n) is 4.07. The number of hydrogen-bond donors (Lipinski definition) is 1. The highest BCUT2D eigenvalue weighted by molar-refractivity contribution is 7.98. The Morgan fingerprint density at radius 2 is 1.80 bits per heavy atom. The van der Waals surface area contributed by atoms with Crippen LogP contribution >= 0.6 is 11.8 Å². The number of hydrogen-bond acceptors (Lipinski definition) is 5. The van der Waals surface area contributed by atoms with E-state index < -0.39 is 0 Å². The van der Waals surface area contributed by atoms with E-state index in [9.17, 15) is 0 Å². The molecule has 0 amide bonds. The van der Waals surface area contributed by atoms with Crippen molar-refractivity contribution in [1.29, 1.82) is 0 Å². The van der Waals surface area contributed by atoms with Gasteiger partial charge in [-0.15, -0.1) is 5.10 Å². The number of para-hydroxylation sites is 2. The number of benzene rings is 2. The molecule has 30 heavy (non-hydrogen) atoms. The molecular formula is C23H26N6S. The lowest BCUT2D eigenvalue weighted by atomic mass is 9.96. The number of thioether (sulfide) groups is 1. The lowest BCUT2D eigenvalue weighted by Crippen LogP contribution is -2.34. The Balaban J connectivity index is 1.09. The largest absolute Gasteiger partial charge is 0.333 e. The van der Waals surface area contributed by atoms with Crippen LogP contribution in [0.15, 0.2) is 66.0 Å². The molecule has 7 heteroatoms. The molecule has 0 unspecified atom stereocenters. The first-order valence-electron chi connectivity index (χ1n) is 10.5. The summed E-state index contributed by atoms with van der Waals surface area (Å²) in [6.07, 6.45) is 4.53. The van der Waals surface area contributed by atoms with Crippen LogP contribution in [0.25, 0.3) is 11.0 Å². The topological polar surface area (TPSA) is 62.6 Å². The minimum absolute atomic E-state index is 0.676. The third-order valence-electron chi connectivity index (χ3n) is 5.71. The molecule has 1 N–H and O–H groups in total. The number of rotatable bonds is 7. The minimum Gasteiger partial charge on any atom is -0.333 e. The highest BCUT2D eigenvalue weighted by atomic mass is 32.2. The summed E-state index contributed by atoms with van der Waals surface area (Å²) in [4.78, 5) is 10.5. The van der Waals surface area contributed by atoms with E-state index >= 15 is 0 Å². The Kier molecular flexibility index (Phi) is 5.81. The number of fused-ring (bicyclic) bond motifs is 1. The van der Waals surface area contributed by atoms with Crippen LogP contribution in [0.4, 0.5) is 0 Å². The minimum atomic E-state index is 0.676. The van der Waals surface area contributed by atoms with E-state index in [2.05, 4.69) is 61.7 Å². The van der Waals surface area contributed by atoms with Crippen molar-refractivity contribution in [2.45, 2.75) is 36.8 Å². The first kappa shape index (κ1) is 19.3. The number of aromatic amines is 1. The summed E-state index contributed by atoms with van der Waals surface area (Å²) >= 11 is 1.67. The van der Waals surface area contributed by atoms with E-state index in [1.165, 1.54) is 18.4 Å². The normalized spacial score (nSPS) is 15.7. The van der Waals surface area contributed by atoms with E-state index in [0.717, 1.165) is 53.8 Å². The van der Waals surface area contributed by atoms with Crippen molar-refractivity contribution < 1.29 is 0 Å². The Hall–Kier alpha value is -2.64. The molecule has 0 saturated carbocycles. The van der Waals surface area contributed by atoms with E-state index in [-0.39, 0.29) is 0 Å². The predicted molar refractivity (Wildman–Crippen MR) is 120 cm³/mol. The maximum atomic E-state index is 4.61. The second kappa shape index (κ2) is 9.02. The molecule has 0 radical (unpaired) electrons. The third kappa shape index (κ3) is 4.74. The summed E-state index contributed by atoms with van der Waals surface area (Å²) in [5, 5.41) is 9.65. The van der Waals surface area contributed by atoms with Gasteiger partial charge in [-0.1, -0.05) is 59.4 Å². The van der Waals surface area contributed by atoms with Crippen molar-refractivity contribution in [3.8, 4) is 0 Å². The van der Waals surface area contributed by atoms with Gasteiger partial charge >= 0.3 is 0 Å². The highest BCUT2D eigenvalue weighted by Gasteiger charge is 2.20. The standard InChI is InChI=1S/C23H26N6S/c1-2-6-18(7-3-1)14-28-12-10-19(11-13-28)15-29-16-20(26-27-29)17-30-23-24-21-8-4-5-9-22(21)25-23/h1-9,16,19H,10-15,17H2,(H,24,25). The maximum absolute atomic E-state index is 4.61. The molecule has 1 fully saturated rings. The van der Waals surface area contributed by atoms with Crippen LogP contribution in [-0.4, -0.2) is 43.0 Å². The third-order valence-corrected chi connectivity index (χ3v) is 6.62. The van der Waals surface area contributed by atoms with Gasteiger partial charge in [-0.25, -0.2) is 4.98 Å². The molecule has 1 aliphatic rings. The molecular weight excluding hydrogens is 392 g/mol. The molecule has 1 saturated heterocycles. The molecule has 0 bridgehead atoms. The average molecular weight is 419 g/mol. The van der Waals surface area contributed by atoms with Gasteiger partial charge in [-0.3, -0.25) is 9.58 Å². The van der Waals surface area contributed by atoms with Crippen molar-refractivity contribution in [3.63, 3.8) is 0 Å². The summed E-state index contributed by atoms with van der Waals surface area (Å²) in [5.74, 6) is 1.45. The first-order chi connectivity index (χ1) is 14.8. The lowest BCUT2D eigenvalue weighted by Gasteiger charge is -2.31. The Morgan fingerprint density at radius 1 is 1.00 bits per heavy atom. The van der Waals surface area contributed by atoms with Gasteiger partial charge in [-0.2, -0.15) is 0 Å². The number of nitrogens with one attached hydrogen (secondary N) is 1. The Labute approximate surface area is 180 Å². The molecule has 3 heterocycles. The van der Waals surface area contributed by atoms with Crippen molar-refractivity contribution in [3.05, 3.63) is 72.1 Å². The smallest absolute Gasteiger partial charge is 0.166 e. The van der Waals surface area contributed by atoms with E-state index in [0.29, 0.717) is 5.92 Å². The number of imidazole rings is 1. The van der Waals surface area contributed by atoms with Crippen LogP contribution in [0.2, 0.25) is 0 Å². The predicted octanol–water partition coefficient (Wildman–Crippen LogP) is 4.36. The van der Waals surface area contributed by atoms with E-state index in [4.69, 9.17) is 0 Å². The van der Waals surface area contributed by atoms with Crippen LogP contribution < -0.4 is 0 Å². The zero-order valence-corrected chi connectivity index (χ0v) is 17.8. The van der Waals surface area contributed by atoms with Crippen LogP contribution in [-0.2, 0) is 18.8 Å². The van der Waals surface area contributed by atoms with Gasteiger partial charge in [0.05, 0.1) is 16.7 Å². The fraction of sp³-hybridized carbons (Fsp3) is 0.348. The van der Waals surface area contributed by atoms with Gasteiger partial charge in [0.15, 0.2) is 5.16 Å². The number of nitrogens with zero attached hydrogens (tertiary/aromatic N) is 5. The molecule has 0 atom stereocenters.